The predicted octanol–water partition coefficient (Wildman–Crippen LogP) is 1.84. The first-order chi connectivity index (χ1) is 7.05. The van der Waals surface area contributed by atoms with Gasteiger partial charge in [-0.15, -0.1) is 5.14 Å². The molecule has 0 aliphatic rings. The number of rotatable bonds is 5. The largest absolute Gasteiger partial charge is 0.492 e. The van der Waals surface area contributed by atoms with Crippen molar-refractivity contribution in [1.29, 1.82) is 0 Å². The molecule has 0 heterocycles. The van der Waals surface area contributed by atoms with Crippen LogP contribution in [0.2, 0.25) is 0 Å². The van der Waals surface area contributed by atoms with Gasteiger partial charge in [-0.3, -0.25) is 0 Å². The summed E-state index contributed by atoms with van der Waals surface area (Å²) in [6, 6.07) is 6.21. The Morgan fingerprint density at radius 2 is 2.00 bits per heavy atom. The molecule has 0 aliphatic carbocycles. The molecule has 0 bridgehead atoms. The molecule has 1 radical (unpaired) electrons. The Hall–Kier alpha value is -1.07. The maximum atomic E-state index is 11.1. The fraction of sp³-hybridized carbons (Fsp3) is 0.400. The van der Waals surface area contributed by atoms with Gasteiger partial charge in [0.15, 0.2) is 0 Å². The fourth-order valence-corrected chi connectivity index (χ4v) is 1.77. The van der Waals surface area contributed by atoms with Crippen LogP contribution in [0.5, 0.6) is 5.75 Å². The SMILES string of the molecule is CCCCOc1ccccc1S([NH])(=O)=O. The Kier molecular flexibility index (Phi) is 4.11. The standard InChI is InChI=1S/C10H14NO3S/c1-2-3-8-14-9-6-4-5-7-10(9)15(11,12)13/h4-7,11H,2-3,8H2,1H3. The highest BCUT2D eigenvalue weighted by Gasteiger charge is 2.14. The lowest BCUT2D eigenvalue weighted by molar-refractivity contribution is 0.301. The molecule has 0 aromatic heterocycles. The molecule has 4 nitrogen and oxygen atoms in total. The van der Waals surface area contributed by atoms with Gasteiger partial charge < -0.3 is 4.74 Å². The number of ether oxygens (including phenoxy) is 1. The van der Waals surface area contributed by atoms with E-state index in [-0.39, 0.29) is 10.6 Å². The second kappa shape index (κ2) is 5.14. The van der Waals surface area contributed by atoms with Crippen molar-refractivity contribution in [1.82, 2.24) is 5.14 Å². The van der Waals surface area contributed by atoms with Gasteiger partial charge in [-0.25, -0.2) is 8.42 Å². The second-order valence-electron chi connectivity index (χ2n) is 3.15. The Balaban J connectivity index is 2.88. The molecule has 1 aromatic rings. The van der Waals surface area contributed by atoms with Crippen LogP contribution in [0.15, 0.2) is 29.2 Å². The van der Waals surface area contributed by atoms with Gasteiger partial charge in [0.25, 0.3) is 10.0 Å². The van der Waals surface area contributed by atoms with Crippen molar-refractivity contribution in [2.45, 2.75) is 24.7 Å². The van der Waals surface area contributed by atoms with E-state index in [9.17, 15) is 8.42 Å². The van der Waals surface area contributed by atoms with E-state index in [0.717, 1.165) is 12.8 Å². The smallest absolute Gasteiger partial charge is 0.257 e. The highest BCUT2D eigenvalue weighted by atomic mass is 32.2. The van der Waals surface area contributed by atoms with Gasteiger partial charge in [-0.1, -0.05) is 25.5 Å². The quantitative estimate of drug-likeness (QED) is 0.722. The maximum Gasteiger partial charge on any atom is 0.257 e. The number of para-hydroxylation sites is 1. The third-order valence-electron chi connectivity index (χ3n) is 1.89. The van der Waals surface area contributed by atoms with Crippen molar-refractivity contribution in [2.75, 3.05) is 6.61 Å². The Morgan fingerprint density at radius 3 is 2.60 bits per heavy atom. The molecule has 0 spiro atoms. The number of benzene rings is 1. The normalized spacial score (nSPS) is 11.3. The van der Waals surface area contributed by atoms with Crippen LogP contribution in [0, 0.1) is 0 Å². The molecule has 0 saturated heterocycles. The zero-order valence-electron chi connectivity index (χ0n) is 8.56. The fourth-order valence-electron chi connectivity index (χ4n) is 1.12. The first-order valence-corrected chi connectivity index (χ1v) is 6.25. The minimum atomic E-state index is -3.95. The lowest BCUT2D eigenvalue weighted by atomic mass is 10.3. The van der Waals surface area contributed by atoms with Crippen molar-refractivity contribution >= 4 is 10.0 Å². The maximum absolute atomic E-state index is 11.1. The molecular weight excluding hydrogens is 214 g/mol. The van der Waals surface area contributed by atoms with E-state index in [1.54, 1.807) is 18.2 Å². The summed E-state index contributed by atoms with van der Waals surface area (Å²) in [6.45, 7) is 2.50. The molecule has 83 valence electrons. The van der Waals surface area contributed by atoms with Crippen molar-refractivity contribution in [3.8, 4) is 5.75 Å². The zero-order valence-corrected chi connectivity index (χ0v) is 9.38. The highest BCUT2D eigenvalue weighted by Crippen LogP contribution is 2.22. The molecule has 15 heavy (non-hydrogen) atoms. The number of nitrogens with one attached hydrogen (secondary N) is 1. The lowest BCUT2D eigenvalue weighted by Crippen LogP contribution is -2.05. The molecular formula is C10H14NO3S. The third kappa shape index (κ3) is 3.53. The monoisotopic (exact) mass is 228 g/mol. The summed E-state index contributed by atoms with van der Waals surface area (Å²) in [5.41, 5.74) is 0. The summed E-state index contributed by atoms with van der Waals surface area (Å²) in [5, 5.41) is 6.99. The molecule has 0 atom stereocenters. The zero-order chi connectivity index (χ0) is 11.3. The number of hydrogen-bond donors (Lipinski definition) is 0. The number of hydrogen-bond acceptors (Lipinski definition) is 3. The summed E-state index contributed by atoms with van der Waals surface area (Å²) in [7, 11) is -3.95. The van der Waals surface area contributed by atoms with Gasteiger partial charge in [0.1, 0.15) is 10.6 Å². The van der Waals surface area contributed by atoms with Gasteiger partial charge in [0.2, 0.25) is 0 Å². The minimum Gasteiger partial charge on any atom is -0.492 e. The van der Waals surface area contributed by atoms with Crippen LogP contribution < -0.4 is 9.88 Å². The van der Waals surface area contributed by atoms with Gasteiger partial charge in [-0.05, 0) is 18.6 Å². The summed E-state index contributed by atoms with van der Waals surface area (Å²) in [4.78, 5) is -0.0684. The summed E-state index contributed by atoms with van der Waals surface area (Å²) in [5.74, 6) is 0.265. The molecule has 1 rings (SSSR count). The van der Waals surface area contributed by atoms with Crippen molar-refractivity contribution in [3.63, 3.8) is 0 Å². The average molecular weight is 228 g/mol. The van der Waals surface area contributed by atoms with Gasteiger partial charge in [0, 0.05) is 0 Å². The van der Waals surface area contributed by atoms with E-state index in [1.165, 1.54) is 6.07 Å². The van der Waals surface area contributed by atoms with E-state index in [1.807, 2.05) is 6.92 Å². The van der Waals surface area contributed by atoms with Crippen LogP contribution in [0.3, 0.4) is 0 Å². The van der Waals surface area contributed by atoms with E-state index < -0.39 is 10.0 Å². The lowest BCUT2D eigenvalue weighted by Gasteiger charge is -2.08. The topological polar surface area (TPSA) is 67.2 Å². The van der Waals surface area contributed by atoms with Crippen LogP contribution in [-0.4, -0.2) is 15.0 Å². The van der Waals surface area contributed by atoms with E-state index >= 15 is 0 Å². The summed E-state index contributed by atoms with van der Waals surface area (Å²) in [6.07, 6.45) is 1.85. The predicted molar refractivity (Wildman–Crippen MR) is 57.1 cm³/mol. The van der Waals surface area contributed by atoms with Crippen molar-refractivity contribution < 1.29 is 13.2 Å². The van der Waals surface area contributed by atoms with Gasteiger partial charge in [-0.2, -0.15) is 0 Å². The van der Waals surface area contributed by atoms with Crippen LogP contribution in [0.25, 0.3) is 0 Å². The van der Waals surface area contributed by atoms with Crippen LogP contribution in [0.4, 0.5) is 0 Å². The summed E-state index contributed by atoms with van der Waals surface area (Å²) < 4.78 is 27.5. The first-order valence-electron chi connectivity index (χ1n) is 4.77. The van der Waals surface area contributed by atoms with E-state index in [4.69, 9.17) is 9.88 Å². The molecule has 0 aliphatic heterocycles. The molecule has 5 heteroatoms. The molecule has 1 aromatic carbocycles. The Labute approximate surface area is 90.1 Å². The highest BCUT2D eigenvalue weighted by molar-refractivity contribution is 7.89. The molecule has 0 unspecified atom stereocenters. The first kappa shape index (κ1) is 12.0. The number of unbranched alkanes of at least 4 members (excludes halogenated alkanes) is 1. The Morgan fingerprint density at radius 1 is 1.33 bits per heavy atom. The van der Waals surface area contributed by atoms with Crippen LogP contribution in [0.1, 0.15) is 19.8 Å². The molecule has 1 N–H and O–H groups in total. The van der Waals surface area contributed by atoms with Crippen molar-refractivity contribution in [3.05, 3.63) is 24.3 Å². The van der Waals surface area contributed by atoms with Crippen LogP contribution >= 0.6 is 0 Å². The van der Waals surface area contributed by atoms with Gasteiger partial charge in [0.05, 0.1) is 6.61 Å². The van der Waals surface area contributed by atoms with E-state index in [2.05, 4.69) is 0 Å². The average Bonchev–Trinajstić information content (AvgIpc) is 2.17. The molecule has 0 fully saturated rings. The molecule has 0 amide bonds. The third-order valence-corrected chi connectivity index (χ3v) is 2.81. The minimum absolute atomic E-state index is 0.0684. The summed E-state index contributed by atoms with van der Waals surface area (Å²) >= 11 is 0. The van der Waals surface area contributed by atoms with Crippen molar-refractivity contribution in [2.24, 2.45) is 0 Å². The van der Waals surface area contributed by atoms with E-state index in [0.29, 0.717) is 6.61 Å². The second-order valence-corrected chi connectivity index (χ2v) is 4.60. The molecule has 0 saturated carbocycles. The van der Waals surface area contributed by atoms with Gasteiger partial charge >= 0.3 is 0 Å². The number of sulfonamides is 1. The van der Waals surface area contributed by atoms with Crippen LogP contribution in [-0.2, 0) is 10.0 Å². The Bertz CT molecular complexity index is 414.